The van der Waals surface area contributed by atoms with Crippen molar-refractivity contribution in [2.45, 2.75) is 66.4 Å². The maximum atomic E-state index is 12.9. The van der Waals surface area contributed by atoms with Crippen molar-refractivity contribution >= 4 is 40.5 Å². The average Bonchev–Trinajstić information content (AvgIpc) is 3.36. The van der Waals surface area contributed by atoms with Gasteiger partial charge in [0.25, 0.3) is 0 Å². The van der Waals surface area contributed by atoms with Crippen LogP contribution >= 0.6 is 0 Å². The highest BCUT2D eigenvalue weighted by atomic mass is 16.5. The van der Waals surface area contributed by atoms with Gasteiger partial charge in [-0.1, -0.05) is 41.5 Å². The molecule has 0 bridgehead atoms. The van der Waals surface area contributed by atoms with Crippen molar-refractivity contribution in [3.05, 3.63) is 6.20 Å². The summed E-state index contributed by atoms with van der Waals surface area (Å²) >= 11 is 0. The third-order valence-electron chi connectivity index (χ3n) is 5.46. The Morgan fingerprint density at radius 2 is 1.74 bits per heavy atom. The molecule has 3 N–H and O–H groups in total. The van der Waals surface area contributed by atoms with Gasteiger partial charge in [-0.2, -0.15) is 9.97 Å². The fraction of sp³-hybridized carbons (Fsp3) is 0.636. The SMILES string of the molecule is CC(C)C(=O)Nc1nc(N(C(=O)C(C)C)C(=O)C(C)C)nc2nn([C@H]3C[C@H](O)[C@@H](CO)O3)cc12. The molecule has 12 nitrogen and oxygen atoms in total. The number of imide groups is 1. The van der Waals surface area contributed by atoms with Gasteiger partial charge in [-0.05, 0) is 0 Å². The Balaban J connectivity index is 2.14. The van der Waals surface area contributed by atoms with Crippen molar-refractivity contribution in [1.29, 1.82) is 0 Å². The lowest BCUT2D eigenvalue weighted by atomic mass is 10.1. The number of aliphatic hydroxyl groups is 2. The van der Waals surface area contributed by atoms with Crippen LogP contribution in [0.5, 0.6) is 0 Å². The summed E-state index contributed by atoms with van der Waals surface area (Å²) in [7, 11) is 0. The number of anilines is 2. The quantitative estimate of drug-likeness (QED) is 0.534. The molecule has 2 aromatic rings. The number of carbonyl (C=O) groups is 3. The van der Waals surface area contributed by atoms with E-state index in [1.54, 1.807) is 47.7 Å². The van der Waals surface area contributed by atoms with E-state index in [1.165, 1.54) is 4.68 Å². The van der Waals surface area contributed by atoms with Gasteiger partial charge in [0, 0.05) is 30.4 Å². The predicted octanol–water partition coefficient (Wildman–Crippen LogP) is 1.23. The molecular formula is C22H32N6O6. The zero-order chi connectivity index (χ0) is 25.3. The molecule has 0 aromatic carbocycles. The molecule has 0 saturated carbocycles. The van der Waals surface area contributed by atoms with Crippen LogP contribution in [0.2, 0.25) is 0 Å². The largest absolute Gasteiger partial charge is 0.394 e. The van der Waals surface area contributed by atoms with Gasteiger partial charge in [-0.15, -0.1) is 5.10 Å². The van der Waals surface area contributed by atoms with Crippen molar-refractivity contribution in [3.8, 4) is 0 Å². The van der Waals surface area contributed by atoms with Gasteiger partial charge >= 0.3 is 0 Å². The zero-order valence-electron chi connectivity index (χ0n) is 20.2. The normalized spacial score (nSPS) is 20.5. The molecule has 3 amide bonds. The first-order valence-corrected chi connectivity index (χ1v) is 11.3. The van der Waals surface area contributed by atoms with Gasteiger partial charge in [0.2, 0.25) is 23.7 Å². The maximum Gasteiger partial charge on any atom is 0.243 e. The summed E-state index contributed by atoms with van der Waals surface area (Å²) in [5, 5.41) is 27.0. The van der Waals surface area contributed by atoms with Gasteiger partial charge in [0.1, 0.15) is 11.9 Å². The van der Waals surface area contributed by atoms with Gasteiger partial charge in [0.05, 0.1) is 18.1 Å². The number of nitrogens with one attached hydrogen (secondary N) is 1. The number of hydrogen-bond acceptors (Lipinski definition) is 9. The smallest absolute Gasteiger partial charge is 0.243 e. The summed E-state index contributed by atoms with van der Waals surface area (Å²) in [6, 6.07) is 0. The molecule has 3 atom stereocenters. The van der Waals surface area contributed by atoms with Crippen molar-refractivity contribution in [2.24, 2.45) is 17.8 Å². The molecule has 1 aliphatic heterocycles. The number of rotatable bonds is 7. The van der Waals surface area contributed by atoms with Gasteiger partial charge in [0.15, 0.2) is 11.9 Å². The topological polar surface area (TPSA) is 160 Å². The Morgan fingerprint density at radius 3 is 2.24 bits per heavy atom. The Kier molecular flexibility index (Phi) is 7.64. The van der Waals surface area contributed by atoms with E-state index in [0.717, 1.165) is 4.90 Å². The second-order valence-corrected chi connectivity index (χ2v) is 9.30. The van der Waals surface area contributed by atoms with E-state index in [9.17, 15) is 24.6 Å². The van der Waals surface area contributed by atoms with Crippen LogP contribution < -0.4 is 10.2 Å². The molecule has 0 aliphatic carbocycles. The van der Waals surface area contributed by atoms with Crippen molar-refractivity contribution < 1.29 is 29.3 Å². The van der Waals surface area contributed by atoms with Crippen LogP contribution in [0.25, 0.3) is 11.0 Å². The third kappa shape index (κ3) is 5.08. The summed E-state index contributed by atoms with van der Waals surface area (Å²) in [5.74, 6) is -2.72. The summed E-state index contributed by atoms with van der Waals surface area (Å²) < 4.78 is 7.08. The second-order valence-electron chi connectivity index (χ2n) is 9.30. The van der Waals surface area contributed by atoms with E-state index in [1.807, 2.05) is 0 Å². The molecule has 0 unspecified atom stereocenters. The van der Waals surface area contributed by atoms with Crippen molar-refractivity contribution in [1.82, 2.24) is 19.7 Å². The first kappa shape index (κ1) is 25.7. The highest BCUT2D eigenvalue weighted by Crippen LogP contribution is 2.31. The van der Waals surface area contributed by atoms with Crippen LogP contribution in [-0.2, 0) is 19.1 Å². The Labute approximate surface area is 197 Å². The van der Waals surface area contributed by atoms with E-state index >= 15 is 0 Å². The van der Waals surface area contributed by atoms with E-state index in [-0.39, 0.29) is 42.3 Å². The zero-order valence-corrected chi connectivity index (χ0v) is 20.2. The fourth-order valence-electron chi connectivity index (χ4n) is 3.38. The molecule has 186 valence electrons. The number of ether oxygens (including phenoxy) is 1. The number of hydrogen-bond donors (Lipinski definition) is 3. The van der Waals surface area contributed by atoms with E-state index in [0.29, 0.717) is 5.39 Å². The number of fused-ring (bicyclic) bond motifs is 1. The number of nitrogens with zero attached hydrogens (tertiary/aromatic N) is 5. The lowest BCUT2D eigenvalue weighted by Gasteiger charge is -2.23. The lowest BCUT2D eigenvalue weighted by molar-refractivity contribution is -0.130. The minimum Gasteiger partial charge on any atom is -0.394 e. The molecule has 3 rings (SSSR count). The first-order valence-electron chi connectivity index (χ1n) is 11.3. The number of carbonyl (C=O) groups excluding carboxylic acids is 3. The average molecular weight is 477 g/mol. The summed E-state index contributed by atoms with van der Waals surface area (Å²) in [6.45, 7) is 9.75. The number of aromatic nitrogens is 4. The van der Waals surface area contributed by atoms with Crippen LogP contribution in [0.15, 0.2) is 6.20 Å². The van der Waals surface area contributed by atoms with Crippen LogP contribution in [0.1, 0.15) is 54.2 Å². The summed E-state index contributed by atoms with van der Waals surface area (Å²) in [5.41, 5.74) is 0.132. The molecular weight excluding hydrogens is 444 g/mol. The molecule has 12 heteroatoms. The summed E-state index contributed by atoms with van der Waals surface area (Å²) in [4.78, 5) is 48.0. The standard InChI is InChI=1S/C22H32N6O6/c1-10(2)19(31)23-17-13-8-27(16-7-14(30)15(9-29)34-16)26-18(13)25-22(24-17)28(20(32)11(3)4)21(33)12(5)6/h8,10-12,14-16,29-30H,7,9H2,1-6H3,(H,23,24,25,26,31)/t14-,15+,16+/m0/s1. The molecule has 3 heterocycles. The van der Waals surface area contributed by atoms with Gasteiger partial charge < -0.3 is 20.3 Å². The fourth-order valence-corrected chi connectivity index (χ4v) is 3.38. The highest BCUT2D eigenvalue weighted by molar-refractivity contribution is 6.15. The van der Waals surface area contributed by atoms with Crippen molar-refractivity contribution in [3.63, 3.8) is 0 Å². The molecule has 34 heavy (non-hydrogen) atoms. The number of amides is 3. The first-order chi connectivity index (χ1) is 15.9. The predicted molar refractivity (Wildman–Crippen MR) is 123 cm³/mol. The molecule has 0 spiro atoms. The van der Waals surface area contributed by atoms with Crippen LogP contribution in [0.4, 0.5) is 11.8 Å². The van der Waals surface area contributed by atoms with Crippen LogP contribution in [0, 0.1) is 17.8 Å². The Morgan fingerprint density at radius 1 is 1.12 bits per heavy atom. The molecule has 2 aromatic heterocycles. The minimum absolute atomic E-state index is 0.0975. The van der Waals surface area contributed by atoms with Crippen molar-refractivity contribution in [2.75, 3.05) is 16.8 Å². The van der Waals surface area contributed by atoms with E-state index in [4.69, 9.17) is 4.74 Å². The lowest BCUT2D eigenvalue weighted by Crippen LogP contribution is -2.43. The third-order valence-corrected chi connectivity index (χ3v) is 5.46. The van der Waals surface area contributed by atoms with Gasteiger partial charge in [-0.25, -0.2) is 9.58 Å². The second kappa shape index (κ2) is 10.1. The summed E-state index contributed by atoms with van der Waals surface area (Å²) in [6.07, 6.45) is -0.542. The minimum atomic E-state index is -0.869. The maximum absolute atomic E-state index is 12.9. The monoisotopic (exact) mass is 476 g/mol. The van der Waals surface area contributed by atoms with E-state index in [2.05, 4.69) is 20.4 Å². The molecule has 0 radical (unpaired) electrons. The highest BCUT2D eigenvalue weighted by Gasteiger charge is 2.36. The van der Waals surface area contributed by atoms with E-state index < -0.39 is 42.1 Å². The van der Waals surface area contributed by atoms with Crippen LogP contribution in [0.3, 0.4) is 0 Å². The number of aliphatic hydroxyl groups excluding tert-OH is 2. The molecule has 1 aliphatic rings. The van der Waals surface area contributed by atoms with Crippen LogP contribution in [-0.4, -0.2) is 66.5 Å². The van der Waals surface area contributed by atoms with Gasteiger partial charge in [-0.3, -0.25) is 14.4 Å². The molecule has 1 fully saturated rings. The molecule has 1 saturated heterocycles. The Hall–Kier alpha value is -2.96. The Bertz CT molecular complexity index is 1060.